The highest BCUT2D eigenvalue weighted by Crippen LogP contribution is 2.16. The summed E-state index contributed by atoms with van der Waals surface area (Å²) in [6, 6.07) is 15.3. The smallest absolute Gasteiger partial charge is 0.274 e. The molecule has 3 aromatic rings. The highest BCUT2D eigenvalue weighted by Gasteiger charge is 2.10. The van der Waals surface area contributed by atoms with Gasteiger partial charge in [-0.1, -0.05) is 18.2 Å². The van der Waals surface area contributed by atoms with Crippen molar-refractivity contribution >= 4 is 17.4 Å². The molecule has 0 bridgehead atoms. The second-order valence-corrected chi connectivity index (χ2v) is 5.97. The highest BCUT2D eigenvalue weighted by molar-refractivity contribution is 6.03. The average Bonchev–Trinajstić information content (AvgIpc) is 2.71. The second-order valence-electron chi connectivity index (χ2n) is 5.97. The monoisotopic (exact) mass is 380 g/mol. The number of amides is 1. The SMILES string of the molecule is CCOc1ccc(NC(=O)c2cc(NCCc3ccccc3F)ncn2)cc1. The zero-order valence-electron chi connectivity index (χ0n) is 15.5. The number of carbonyl (C=O) groups excluding carboxylic acids is 1. The lowest BCUT2D eigenvalue weighted by Crippen LogP contribution is -2.15. The van der Waals surface area contributed by atoms with Crippen molar-refractivity contribution in [2.75, 3.05) is 23.8 Å². The number of hydrogen-bond acceptors (Lipinski definition) is 5. The lowest BCUT2D eigenvalue weighted by atomic mass is 10.1. The Kier molecular flexibility index (Phi) is 6.51. The van der Waals surface area contributed by atoms with E-state index in [0.29, 0.717) is 36.6 Å². The van der Waals surface area contributed by atoms with Crippen LogP contribution >= 0.6 is 0 Å². The summed E-state index contributed by atoms with van der Waals surface area (Å²) in [5.74, 6) is 0.665. The highest BCUT2D eigenvalue weighted by atomic mass is 19.1. The zero-order chi connectivity index (χ0) is 19.8. The van der Waals surface area contributed by atoms with Crippen LogP contribution in [0.15, 0.2) is 60.9 Å². The number of nitrogens with one attached hydrogen (secondary N) is 2. The molecule has 0 aliphatic heterocycles. The first-order valence-electron chi connectivity index (χ1n) is 8.99. The van der Waals surface area contributed by atoms with Gasteiger partial charge in [-0.25, -0.2) is 14.4 Å². The second kappa shape index (κ2) is 9.45. The summed E-state index contributed by atoms with van der Waals surface area (Å²) in [5.41, 5.74) is 1.50. The van der Waals surface area contributed by atoms with Gasteiger partial charge < -0.3 is 15.4 Å². The fraction of sp³-hybridized carbons (Fsp3) is 0.190. The molecule has 144 valence electrons. The minimum atomic E-state index is -0.344. The molecule has 0 unspecified atom stereocenters. The first-order chi connectivity index (χ1) is 13.7. The van der Waals surface area contributed by atoms with Crippen LogP contribution in [-0.4, -0.2) is 29.0 Å². The normalized spacial score (nSPS) is 10.4. The van der Waals surface area contributed by atoms with Crippen LogP contribution in [0.25, 0.3) is 0 Å². The van der Waals surface area contributed by atoms with Gasteiger partial charge in [0.2, 0.25) is 0 Å². The van der Waals surface area contributed by atoms with Gasteiger partial charge in [0.15, 0.2) is 0 Å². The van der Waals surface area contributed by atoms with Crippen LogP contribution in [0, 0.1) is 5.82 Å². The van der Waals surface area contributed by atoms with Gasteiger partial charge in [0.25, 0.3) is 5.91 Å². The summed E-state index contributed by atoms with van der Waals surface area (Å²) >= 11 is 0. The first-order valence-corrected chi connectivity index (χ1v) is 8.99. The predicted octanol–water partition coefficient (Wildman–Crippen LogP) is 3.92. The van der Waals surface area contributed by atoms with E-state index >= 15 is 0 Å². The number of hydrogen-bond donors (Lipinski definition) is 2. The fourth-order valence-corrected chi connectivity index (χ4v) is 2.60. The molecule has 0 spiro atoms. The molecule has 7 heteroatoms. The Morgan fingerprint density at radius 1 is 1.11 bits per heavy atom. The molecular weight excluding hydrogens is 359 g/mol. The number of nitrogens with zero attached hydrogens (tertiary/aromatic N) is 2. The van der Waals surface area contributed by atoms with Crippen molar-refractivity contribution in [1.82, 2.24) is 9.97 Å². The molecule has 3 rings (SSSR count). The Bertz CT molecular complexity index is 932. The maximum absolute atomic E-state index is 13.6. The molecule has 28 heavy (non-hydrogen) atoms. The van der Waals surface area contributed by atoms with Crippen LogP contribution in [0.1, 0.15) is 23.0 Å². The summed E-state index contributed by atoms with van der Waals surface area (Å²) in [6.07, 6.45) is 1.82. The van der Waals surface area contributed by atoms with Gasteiger partial charge in [-0.05, 0) is 49.2 Å². The van der Waals surface area contributed by atoms with Gasteiger partial charge >= 0.3 is 0 Å². The number of benzene rings is 2. The van der Waals surface area contributed by atoms with E-state index in [-0.39, 0.29) is 17.4 Å². The number of carbonyl (C=O) groups is 1. The maximum Gasteiger partial charge on any atom is 0.274 e. The summed E-state index contributed by atoms with van der Waals surface area (Å²) in [4.78, 5) is 20.5. The molecule has 0 radical (unpaired) electrons. The predicted molar refractivity (Wildman–Crippen MR) is 106 cm³/mol. The third-order valence-electron chi connectivity index (χ3n) is 3.98. The van der Waals surface area contributed by atoms with Crippen molar-refractivity contribution in [3.05, 3.63) is 78.0 Å². The van der Waals surface area contributed by atoms with Crippen LogP contribution in [0.2, 0.25) is 0 Å². The van der Waals surface area contributed by atoms with E-state index < -0.39 is 0 Å². The van der Waals surface area contributed by atoms with Crippen LogP contribution in [0.3, 0.4) is 0 Å². The Morgan fingerprint density at radius 3 is 2.64 bits per heavy atom. The van der Waals surface area contributed by atoms with Crippen molar-refractivity contribution in [3.8, 4) is 5.75 Å². The van der Waals surface area contributed by atoms with E-state index in [9.17, 15) is 9.18 Å². The average molecular weight is 380 g/mol. The molecule has 0 saturated carbocycles. The van der Waals surface area contributed by atoms with E-state index in [1.54, 1.807) is 48.5 Å². The Hall–Kier alpha value is -3.48. The molecule has 0 aliphatic rings. The fourth-order valence-electron chi connectivity index (χ4n) is 2.60. The van der Waals surface area contributed by atoms with Gasteiger partial charge in [-0.3, -0.25) is 4.79 Å². The van der Waals surface area contributed by atoms with E-state index in [4.69, 9.17) is 4.74 Å². The van der Waals surface area contributed by atoms with Gasteiger partial charge in [-0.15, -0.1) is 0 Å². The van der Waals surface area contributed by atoms with Crippen LogP contribution in [0.4, 0.5) is 15.9 Å². The van der Waals surface area contributed by atoms with Crippen molar-refractivity contribution in [2.24, 2.45) is 0 Å². The summed E-state index contributed by atoms with van der Waals surface area (Å²) < 4.78 is 19.0. The topological polar surface area (TPSA) is 76.1 Å². The van der Waals surface area contributed by atoms with Gasteiger partial charge in [0, 0.05) is 18.3 Å². The standard InChI is InChI=1S/C21H21FN4O2/c1-2-28-17-9-7-16(8-10-17)26-21(27)19-13-20(25-14-24-19)23-12-11-15-5-3-4-6-18(15)22/h3-10,13-14H,2,11-12H2,1H3,(H,26,27)(H,23,24,25). The first kappa shape index (κ1) is 19.3. The van der Waals surface area contributed by atoms with Gasteiger partial charge in [-0.2, -0.15) is 0 Å². The third kappa shape index (κ3) is 5.26. The van der Waals surface area contributed by atoms with Crippen molar-refractivity contribution < 1.29 is 13.9 Å². The molecule has 0 fully saturated rings. The number of halogens is 1. The number of rotatable bonds is 8. The van der Waals surface area contributed by atoms with Gasteiger partial charge in [0.1, 0.15) is 29.4 Å². The lowest BCUT2D eigenvalue weighted by molar-refractivity contribution is 0.102. The summed E-state index contributed by atoms with van der Waals surface area (Å²) in [6.45, 7) is 2.98. The van der Waals surface area contributed by atoms with Gasteiger partial charge in [0.05, 0.1) is 6.61 Å². The van der Waals surface area contributed by atoms with Crippen molar-refractivity contribution in [1.29, 1.82) is 0 Å². The Morgan fingerprint density at radius 2 is 1.89 bits per heavy atom. The Labute approximate surface area is 162 Å². The Balaban J connectivity index is 1.57. The number of ether oxygens (including phenoxy) is 1. The van der Waals surface area contributed by atoms with Crippen LogP contribution < -0.4 is 15.4 Å². The molecule has 0 atom stereocenters. The maximum atomic E-state index is 13.6. The number of aromatic nitrogens is 2. The lowest BCUT2D eigenvalue weighted by Gasteiger charge is -2.09. The summed E-state index contributed by atoms with van der Waals surface area (Å²) in [5, 5.41) is 5.87. The molecule has 2 aromatic carbocycles. The molecule has 2 N–H and O–H groups in total. The third-order valence-corrected chi connectivity index (χ3v) is 3.98. The minimum absolute atomic E-state index is 0.234. The molecule has 0 aliphatic carbocycles. The zero-order valence-corrected chi connectivity index (χ0v) is 15.5. The van der Waals surface area contributed by atoms with E-state index in [1.165, 1.54) is 12.4 Å². The molecule has 0 saturated heterocycles. The molecule has 1 amide bonds. The van der Waals surface area contributed by atoms with Crippen LogP contribution in [-0.2, 0) is 6.42 Å². The summed E-state index contributed by atoms with van der Waals surface area (Å²) in [7, 11) is 0. The number of anilines is 2. The van der Waals surface area contributed by atoms with E-state index in [1.807, 2.05) is 6.92 Å². The van der Waals surface area contributed by atoms with E-state index in [0.717, 1.165) is 5.75 Å². The molecule has 6 nitrogen and oxygen atoms in total. The van der Waals surface area contributed by atoms with Crippen molar-refractivity contribution in [2.45, 2.75) is 13.3 Å². The van der Waals surface area contributed by atoms with Crippen LogP contribution in [0.5, 0.6) is 5.75 Å². The van der Waals surface area contributed by atoms with E-state index in [2.05, 4.69) is 20.6 Å². The largest absolute Gasteiger partial charge is 0.494 e. The molecule has 1 aromatic heterocycles. The quantitative estimate of drug-likeness (QED) is 0.619. The molecule has 1 heterocycles. The van der Waals surface area contributed by atoms with Crippen molar-refractivity contribution in [3.63, 3.8) is 0 Å². The minimum Gasteiger partial charge on any atom is -0.494 e. The molecular formula is C21H21FN4O2.